The van der Waals surface area contributed by atoms with Gasteiger partial charge in [-0.25, -0.2) is 0 Å². The number of ether oxygens (including phenoxy) is 1. The van der Waals surface area contributed by atoms with Crippen molar-refractivity contribution in [2.45, 2.75) is 19.4 Å². The summed E-state index contributed by atoms with van der Waals surface area (Å²) >= 11 is 0. The van der Waals surface area contributed by atoms with Crippen LogP contribution < -0.4 is 4.90 Å². The van der Waals surface area contributed by atoms with E-state index in [1.54, 1.807) is 7.11 Å². The molecule has 4 heteroatoms. The van der Waals surface area contributed by atoms with Gasteiger partial charge in [0.05, 0.1) is 11.8 Å². The van der Waals surface area contributed by atoms with Crippen molar-refractivity contribution in [3.05, 3.63) is 29.8 Å². The van der Waals surface area contributed by atoms with Crippen molar-refractivity contribution in [2.75, 3.05) is 25.1 Å². The van der Waals surface area contributed by atoms with Gasteiger partial charge >= 0.3 is 0 Å². The molecule has 4 nitrogen and oxygen atoms in total. The van der Waals surface area contributed by atoms with Gasteiger partial charge in [-0.2, -0.15) is 0 Å². The van der Waals surface area contributed by atoms with Crippen LogP contribution in [-0.2, 0) is 4.74 Å². The number of hydrogen-bond acceptors (Lipinski definition) is 4. The molecule has 1 aliphatic rings. The third kappa shape index (κ3) is 2.42. The van der Waals surface area contributed by atoms with E-state index in [-0.39, 0.29) is 6.10 Å². The lowest BCUT2D eigenvalue weighted by Crippen LogP contribution is -2.37. The summed E-state index contributed by atoms with van der Waals surface area (Å²) in [7, 11) is 1.72. The zero-order valence-corrected chi connectivity index (χ0v) is 10.3. The lowest BCUT2D eigenvalue weighted by molar-refractivity contribution is 0.123. The van der Waals surface area contributed by atoms with E-state index in [0.717, 1.165) is 36.5 Å². The summed E-state index contributed by atoms with van der Waals surface area (Å²) in [6.45, 7) is 3.77. The van der Waals surface area contributed by atoms with Gasteiger partial charge in [-0.05, 0) is 13.0 Å². The molecule has 1 atom stereocenters. The molecule has 0 saturated carbocycles. The van der Waals surface area contributed by atoms with Crippen molar-refractivity contribution in [1.29, 1.82) is 0 Å². The molecular weight excluding hydrogens is 216 g/mol. The molecule has 1 heterocycles. The molecule has 0 amide bonds. The topological polar surface area (TPSA) is 45.1 Å². The molecule has 2 rings (SSSR count). The second-order valence-electron chi connectivity index (χ2n) is 4.31. The molecule has 0 aromatic heterocycles. The highest BCUT2D eigenvalue weighted by atomic mass is 16.5. The first-order valence-corrected chi connectivity index (χ1v) is 5.84. The zero-order chi connectivity index (χ0) is 12.3. The Morgan fingerprint density at radius 2 is 2.24 bits per heavy atom. The molecule has 0 spiro atoms. The van der Waals surface area contributed by atoms with E-state index in [1.807, 2.05) is 18.2 Å². The highest BCUT2D eigenvalue weighted by Crippen LogP contribution is 2.27. The number of nitrogens with zero attached hydrogens (tertiary/aromatic N) is 2. The fraction of sp³-hybridized carbons (Fsp3) is 0.462. The second-order valence-corrected chi connectivity index (χ2v) is 4.31. The molecule has 1 unspecified atom stereocenters. The van der Waals surface area contributed by atoms with Crippen LogP contribution >= 0.6 is 0 Å². The molecule has 1 N–H and O–H groups in total. The van der Waals surface area contributed by atoms with Crippen LogP contribution in [0.15, 0.2) is 29.4 Å². The fourth-order valence-electron chi connectivity index (χ4n) is 2.17. The average molecular weight is 234 g/mol. The number of rotatable bonds is 3. The van der Waals surface area contributed by atoms with E-state index in [1.165, 1.54) is 0 Å². The summed E-state index contributed by atoms with van der Waals surface area (Å²) < 4.78 is 5.30. The molecule has 0 saturated heterocycles. The molecule has 1 aromatic carbocycles. The van der Waals surface area contributed by atoms with Crippen molar-refractivity contribution in [2.24, 2.45) is 5.16 Å². The minimum Gasteiger partial charge on any atom is -0.411 e. The van der Waals surface area contributed by atoms with Gasteiger partial charge in [-0.3, -0.25) is 0 Å². The van der Waals surface area contributed by atoms with Gasteiger partial charge in [0.25, 0.3) is 0 Å². The Morgan fingerprint density at radius 1 is 1.47 bits per heavy atom. The van der Waals surface area contributed by atoms with E-state index in [2.05, 4.69) is 23.0 Å². The van der Waals surface area contributed by atoms with Gasteiger partial charge in [-0.1, -0.05) is 23.4 Å². The summed E-state index contributed by atoms with van der Waals surface area (Å²) in [4.78, 5) is 2.28. The summed E-state index contributed by atoms with van der Waals surface area (Å²) in [5.74, 6) is 0. The Balaban J connectivity index is 2.28. The van der Waals surface area contributed by atoms with Gasteiger partial charge in [0, 0.05) is 37.9 Å². The molecular formula is C13H18N2O2. The number of hydrogen-bond donors (Lipinski definition) is 1. The van der Waals surface area contributed by atoms with Gasteiger partial charge in [0.15, 0.2) is 0 Å². The van der Waals surface area contributed by atoms with Crippen LogP contribution in [0.1, 0.15) is 18.9 Å². The van der Waals surface area contributed by atoms with Crippen molar-refractivity contribution >= 4 is 11.4 Å². The SMILES string of the molecule is COC(C)CN1CC/C(=N/O)c2ccccc21. The third-order valence-corrected chi connectivity index (χ3v) is 3.17. The lowest BCUT2D eigenvalue weighted by atomic mass is 9.99. The third-order valence-electron chi connectivity index (χ3n) is 3.17. The molecule has 0 fully saturated rings. The number of methoxy groups -OCH3 is 1. The molecule has 17 heavy (non-hydrogen) atoms. The molecule has 1 aliphatic heterocycles. The minimum atomic E-state index is 0.190. The summed E-state index contributed by atoms with van der Waals surface area (Å²) in [5, 5.41) is 12.4. The summed E-state index contributed by atoms with van der Waals surface area (Å²) in [6, 6.07) is 8.02. The van der Waals surface area contributed by atoms with Crippen LogP contribution in [0.4, 0.5) is 5.69 Å². The average Bonchev–Trinajstić information content (AvgIpc) is 2.39. The van der Waals surface area contributed by atoms with E-state index < -0.39 is 0 Å². The van der Waals surface area contributed by atoms with Gasteiger partial charge in [-0.15, -0.1) is 0 Å². The number of fused-ring (bicyclic) bond motifs is 1. The highest BCUT2D eigenvalue weighted by molar-refractivity contribution is 6.06. The van der Waals surface area contributed by atoms with Gasteiger partial charge in [0.1, 0.15) is 0 Å². The minimum absolute atomic E-state index is 0.190. The smallest absolute Gasteiger partial charge is 0.0906 e. The summed E-state index contributed by atoms with van der Waals surface area (Å²) in [5.41, 5.74) is 2.90. The Labute approximate surface area is 101 Å². The Bertz CT molecular complexity index is 418. The molecule has 92 valence electrons. The van der Waals surface area contributed by atoms with Crippen LogP contribution in [0.25, 0.3) is 0 Å². The largest absolute Gasteiger partial charge is 0.411 e. The van der Waals surface area contributed by atoms with Crippen molar-refractivity contribution in [1.82, 2.24) is 0 Å². The molecule has 0 aliphatic carbocycles. The van der Waals surface area contributed by atoms with E-state index in [9.17, 15) is 0 Å². The summed E-state index contributed by atoms with van der Waals surface area (Å²) in [6.07, 6.45) is 0.958. The maximum Gasteiger partial charge on any atom is 0.0906 e. The first kappa shape index (κ1) is 11.9. The van der Waals surface area contributed by atoms with Crippen LogP contribution in [0, 0.1) is 0 Å². The standard InChI is InChI=1S/C13H18N2O2/c1-10(17-2)9-15-8-7-12(14-16)11-5-3-4-6-13(11)15/h3-6,10,16H,7-9H2,1-2H3/b14-12-. The van der Waals surface area contributed by atoms with Crippen LogP contribution in [-0.4, -0.2) is 37.2 Å². The maximum absolute atomic E-state index is 9.00. The predicted molar refractivity (Wildman–Crippen MR) is 68.1 cm³/mol. The van der Waals surface area contributed by atoms with E-state index in [4.69, 9.17) is 9.94 Å². The first-order chi connectivity index (χ1) is 8.26. The van der Waals surface area contributed by atoms with E-state index in [0.29, 0.717) is 0 Å². The highest BCUT2D eigenvalue weighted by Gasteiger charge is 2.22. The molecule has 1 aromatic rings. The van der Waals surface area contributed by atoms with E-state index >= 15 is 0 Å². The zero-order valence-electron chi connectivity index (χ0n) is 10.3. The predicted octanol–water partition coefficient (Wildman–Crippen LogP) is 2.11. The van der Waals surface area contributed by atoms with Crippen LogP contribution in [0.3, 0.4) is 0 Å². The lowest BCUT2D eigenvalue weighted by Gasteiger charge is -2.33. The number of benzene rings is 1. The Morgan fingerprint density at radius 3 is 2.94 bits per heavy atom. The monoisotopic (exact) mass is 234 g/mol. The fourth-order valence-corrected chi connectivity index (χ4v) is 2.17. The van der Waals surface area contributed by atoms with Crippen LogP contribution in [0.5, 0.6) is 0 Å². The normalized spacial score (nSPS) is 19.2. The number of para-hydroxylation sites is 1. The number of oxime groups is 1. The molecule has 0 radical (unpaired) electrons. The number of anilines is 1. The first-order valence-electron chi connectivity index (χ1n) is 5.84. The Kier molecular flexibility index (Phi) is 3.64. The van der Waals surface area contributed by atoms with Gasteiger partial charge in [0.2, 0.25) is 0 Å². The maximum atomic E-state index is 9.00. The van der Waals surface area contributed by atoms with Crippen molar-refractivity contribution < 1.29 is 9.94 Å². The second kappa shape index (κ2) is 5.19. The molecule has 0 bridgehead atoms. The van der Waals surface area contributed by atoms with Gasteiger partial charge < -0.3 is 14.8 Å². The van der Waals surface area contributed by atoms with Crippen LogP contribution in [0.2, 0.25) is 0 Å². The van der Waals surface area contributed by atoms with Crippen molar-refractivity contribution in [3.63, 3.8) is 0 Å². The quantitative estimate of drug-likeness (QED) is 0.643. The Hall–Kier alpha value is -1.55. The van der Waals surface area contributed by atoms with Crippen molar-refractivity contribution in [3.8, 4) is 0 Å².